The molecular weight excluding hydrogens is 422 g/mol. The Morgan fingerprint density at radius 3 is 2.39 bits per heavy atom. The van der Waals surface area contributed by atoms with Crippen molar-refractivity contribution in [3.8, 4) is 0 Å². The highest BCUT2D eigenvalue weighted by molar-refractivity contribution is 5.94. The highest BCUT2D eigenvalue weighted by atomic mass is 19.3. The van der Waals surface area contributed by atoms with Crippen molar-refractivity contribution in [1.29, 1.82) is 0 Å². The SMILES string of the molecule is C=C(CCCC)COC1=C(C)C=C(C(=O)NCC2(N(C)C)CCC(F)(F)CC2)CCC1(C)C. The van der Waals surface area contributed by atoms with Crippen LogP contribution in [-0.2, 0) is 9.53 Å². The number of halogens is 2. The molecule has 0 saturated heterocycles. The molecule has 1 amide bonds. The summed E-state index contributed by atoms with van der Waals surface area (Å²) in [6.07, 6.45) is 7.06. The number of carbonyl (C=O) groups excluding carboxylic acids is 1. The highest BCUT2D eigenvalue weighted by Crippen LogP contribution is 2.41. The van der Waals surface area contributed by atoms with Crippen molar-refractivity contribution in [2.45, 2.75) is 96.9 Å². The van der Waals surface area contributed by atoms with E-state index in [4.69, 9.17) is 4.74 Å². The number of ether oxygens (including phenoxy) is 1. The maximum Gasteiger partial charge on any atom is 0.248 e. The van der Waals surface area contributed by atoms with Gasteiger partial charge in [0, 0.05) is 35.9 Å². The van der Waals surface area contributed by atoms with Gasteiger partial charge in [-0.2, -0.15) is 0 Å². The van der Waals surface area contributed by atoms with Crippen LogP contribution in [0.15, 0.2) is 35.1 Å². The van der Waals surface area contributed by atoms with E-state index in [-0.39, 0.29) is 24.2 Å². The molecule has 4 nitrogen and oxygen atoms in total. The van der Waals surface area contributed by atoms with Crippen LogP contribution in [0.1, 0.15) is 85.5 Å². The largest absolute Gasteiger partial charge is 0.493 e. The summed E-state index contributed by atoms with van der Waals surface area (Å²) < 4.78 is 33.7. The minimum Gasteiger partial charge on any atom is -0.493 e. The zero-order valence-corrected chi connectivity index (χ0v) is 21.6. The lowest BCUT2D eigenvalue weighted by molar-refractivity contribution is -0.119. The van der Waals surface area contributed by atoms with Crippen LogP contribution in [0.4, 0.5) is 8.78 Å². The summed E-state index contributed by atoms with van der Waals surface area (Å²) in [6, 6.07) is 0. The minimum absolute atomic E-state index is 0.114. The zero-order valence-electron chi connectivity index (χ0n) is 21.6. The number of unbranched alkanes of at least 4 members (excludes halogenated alkanes) is 1. The molecule has 0 spiro atoms. The van der Waals surface area contributed by atoms with Gasteiger partial charge < -0.3 is 15.0 Å². The first-order chi connectivity index (χ1) is 15.3. The van der Waals surface area contributed by atoms with Gasteiger partial charge in [0.15, 0.2) is 0 Å². The number of carbonyl (C=O) groups is 1. The Morgan fingerprint density at radius 2 is 1.82 bits per heavy atom. The minimum atomic E-state index is -2.60. The normalized spacial score (nSPS) is 21.9. The Bertz CT molecular complexity index is 771. The number of nitrogens with zero attached hydrogens (tertiary/aromatic N) is 1. The van der Waals surface area contributed by atoms with E-state index in [1.165, 1.54) is 0 Å². The van der Waals surface area contributed by atoms with Crippen molar-refractivity contribution in [3.63, 3.8) is 0 Å². The van der Waals surface area contributed by atoms with Gasteiger partial charge in [-0.05, 0) is 76.8 Å². The molecular formula is C27H44F2N2O2. The van der Waals surface area contributed by atoms with Crippen LogP contribution in [0, 0.1) is 5.41 Å². The van der Waals surface area contributed by atoms with Gasteiger partial charge >= 0.3 is 0 Å². The molecule has 0 radical (unpaired) electrons. The van der Waals surface area contributed by atoms with Crippen LogP contribution in [-0.4, -0.2) is 49.5 Å². The first-order valence-electron chi connectivity index (χ1n) is 12.4. The summed E-state index contributed by atoms with van der Waals surface area (Å²) in [4.78, 5) is 15.1. The first kappa shape index (κ1) is 27.6. The molecule has 0 aromatic carbocycles. The Balaban J connectivity index is 2.09. The fourth-order valence-electron chi connectivity index (χ4n) is 4.88. The third-order valence-electron chi connectivity index (χ3n) is 7.42. The van der Waals surface area contributed by atoms with Gasteiger partial charge in [-0.1, -0.05) is 33.8 Å². The average Bonchev–Trinajstić information content (AvgIpc) is 2.85. The van der Waals surface area contributed by atoms with E-state index >= 15 is 0 Å². The average molecular weight is 467 g/mol. The van der Waals surface area contributed by atoms with Gasteiger partial charge in [0.05, 0.1) is 0 Å². The molecule has 0 aliphatic heterocycles. The van der Waals surface area contributed by atoms with E-state index in [1.54, 1.807) is 0 Å². The van der Waals surface area contributed by atoms with E-state index in [0.29, 0.717) is 32.4 Å². The predicted molar refractivity (Wildman–Crippen MR) is 131 cm³/mol. The van der Waals surface area contributed by atoms with Gasteiger partial charge in [-0.15, -0.1) is 0 Å². The maximum atomic E-state index is 13.7. The van der Waals surface area contributed by atoms with Crippen molar-refractivity contribution in [2.24, 2.45) is 5.41 Å². The molecule has 2 rings (SSSR count). The molecule has 0 aromatic rings. The number of likely N-dealkylation sites (N-methyl/N-ethyl adjacent to an activating group) is 1. The van der Waals surface area contributed by atoms with Gasteiger partial charge in [0.25, 0.3) is 0 Å². The van der Waals surface area contributed by atoms with Crippen molar-refractivity contribution >= 4 is 5.91 Å². The molecule has 1 fully saturated rings. The molecule has 2 aliphatic carbocycles. The van der Waals surface area contributed by atoms with E-state index in [2.05, 4.69) is 32.7 Å². The molecule has 1 N–H and O–H groups in total. The molecule has 1 saturated carbocycles. The lowest BCUT2D eigenvalue weighted by Gasteiger charge is -2.45. The molecule has 0 heterocycles. The summed E-state index contributed by atoms with van der Waals surface area (Å²) in [5.74, 6) is -1.79. The molecule has 188 valence electrons. The molecule has 0 atom stereocenters. The van der Waals surface area contributed by atoms with E-state index in [9.17, 15) is 13.6 Å². The third-order valence-corrected chi connectivity index (χ3v) is 7.42. The van der Waals surface area contributed by atoms with Crippen molar-refractivity contribution < 1.29 is 18.3 Å². The third kappa shape index (κ3) is 7.40. The number of amides is 1. The van der Waals surface area contributed by atoms with Crippen LogP contribution in [0.5, 0.6) is 0 Å². The van der Waals surface area contributed by atoms with Crippen molar-refractivity contribution in [3.05, 3.63) is 35.1 Å². The van der Waals surface area contributed by atoms with Crippen LogP contribution >= 0.6 is 0 Å². The predicted octanol–water partition coefficient (Wildman–Crippen LogP) is 6.40. The molecule has 0 aromatic heterocycles. The van der Waals surface area contributed by atoms with Crippen LogP contribution in [0.25, 0.3) is 0 Å². The summed E-state index contributed by atoms with van der Waals surface area (Å²) >= 11 is 0. The molecule has 33 heavy (non-hydrogen) atoms. The summed E-state index contributed by atoms with van der Waals surface area (Å²) in [5, 5.41) is 3.06. The summed E-state index contributed by atoms with van der Waals surface area (Å²) in [6.45, 7) is 13.5. The van der Waals surface area contributed by atoms with E-state index < -0.39 is 11.5 Å². The number of hydrogen-bond acceptors (Lipinski definition) is 3. The maximum absolute atomic E-state index is 13.7. The molecule has 6 heteroatoms. The van der Waals surface area contributed by atoms with Gasteiger partial charge in [-0.25, -0.2) is 8.78 Å². The summed E-state index contributed by atoms with van der Waals surface area (Å²) in [7, 11) is 3.82. The molecule has 0 unspecified atom stereocenters. The monoisotopic (exact) mass is 466 g/mol. The fraction of sp³-hybridized carbons (Fsp3) is 0.741. The lowest BCUT2D eigenvalue weighted by atomic mass is 9.78. The van der Waals surface area contributed by atoms with E-state index in [0.717, 1.165) is 48.2 Å². The molecule has 0 bridgehead atoms. The Labute approximate surface area is 199 Å². The zero-order chi connectivity index (χ0) is 24.9. The van der Waals surface area contributed by atoms with Crippen LogP contribution in [0.3, 0.4) is 0 Å². The van der Waals surface area contributed by atoms with Gasteiger partial charge in [-0.3, -0.25) is 4.79 Å². The van der Waals surface area contributed by atoms with Gasteiger partial charge in [0.1, 0.15) is 12.4 Å². The topological polar surface area (TPSA) is 41.6 Å². The number of rotatable bonds is 10. The number of nitrogens with one attached hydrogen (secondary N) is 1. The lowest BCUT2D eigenvalue weighted by Crippen LogP contribution is -2.56. The van der Waals surface area contributed by atoms with E-state index in [1.807, 2.05) is 32.0 Å². The van der Waals surface area contributed by atoms with Gasteiger partial charge in [0.2, 0.25) is 11.8 Å². The Hall–Kier alpha value is -1.69. The number of hydrogen-bond donors (Lipinski definition) is 1. The second-order valence-corrected chi connectivity index (χ2v) is 10.9. The fourth-order valence-corrected chi connectivity index (χ4v) is 4.88. The quantitative estimate of drug-likeness (QED) is 0.379. The standard InChI is InChI=1S/C27H44F2N2O2/c1-8-9-10-20(2)18-33-23-21(3)17-22(11-12-25(23,4)5)24(32)30-19-26(31(6)7)13-15-27(28,29)16-14-26/h17H,2,8-16,18-19H2,1,3-7H3,(H,30,32). The smallest absolute Gasteiger partial charge is 0.248 e. The Kier molecular flexibility index (Phi) is 9.32. The Morgan fingerprint density at radius 1 is 1.18 bits per heavy atom. The number of allylic oxidation sites excluding steroid dienone is 3. The highest BCUT2D eigenvalue weighted by Gasteiger charge is 2.44. The van der Waals surface area contributed by atoms with Crippen LogP contribution < -0.4 is 5.32 Å². The second kappa shape index (κ2) is 11.2. The van der Waals surface area contributed by atoms with Crippen LogP contribution in [0.2, 0.25) is 0 Å². The molecule has 2 aliphatic rings. The summed E-state index contributed by atoms with van der Waals surface area (Å²) in [5.41, 5.74) is 2.16. The first-order valence-corrected chi connectivity index (χ1v) is 12.4. The van der Waals surface area contributed by atoms with Crippen molar-refractivity contribution in [2.75, 3.05) is 27.2 Å². The van der Waals surface area contributed by atoms with Crippen molar-refractivity contribution in [1.82, 2.24) is 10.2 Å². The second-order valence-electron chi connectivity index (χ2n) is 10.9. The number of alkyl halides is 2.